The number of aromatic nitrogens is 3. The number of halogens is 1. The van der Waals surface area contributed by atoms with Crippen LogP contribution in [0.4, 0.5) is 10.1 Å². The molecule has 4 aromatic rings. The Morgan fingerprint density at radius 3 is 2.67 bits per heavy atom. The second kappa shape index (κ2) is 11.7. The summed E-state index contributed by atoms with van der Waals surface area (Å²) in [5.74, 6) is -0.377. The van der Waals surface area contributed by atoms with Crippen LogP contribution in [0.15, 0.2) is 54.6 Å². The van der Waals surface area contributed by atoms with Gasteiger partial charge < -0.3 is 24.3 Å². The fourth-order valence-corrected chi connectivity index (χ4v) is 5.75. The highest BCUT2D eigenvalue weighted by molar-refractivity contribution is 5.92. The molecule has 4 heterocycles. The molecule has 2 aromatic heterocycles. The van der Waals surface area contributed by atoms with Crippen LogP contribution >= 0.6 is 0 Å². The van der Waals surface area contributed by atoms with E-state index in [1.165, 1.54) is 12.1 Å². The number of carboxylic acid groups (broad SMARTS) is 1. The third kappa shape index (κ3) is 5.82. The predicted octanol–water partition coefficient (Wildman–Crippen LogP) is 5.23. The van der Waals surface area contributed by atoms with Gasteiger partial charge in [-0.3, -0.25) is 4.90 Å². The number of piperidine rings is 1. The number of aromatic carboxylic acids is 1. The molecule has 2 aliphatic heterocycles. The number of rotatable bonds is 9. The van der Waals surface area contributed by atoms with Crippen molar-refractivity contribution < 1.29 is 28.9 Å². The molecule has 0 aliphatic carbocycles. The van der Waals surface area contributed by atoms with Crippen molar-refractivity contribution in [2.24, 2.45) is 0 Å². The summed E-state index contributed by atoms with van der Waals surface area (Å²) in [5.41, 5.74) is 1.60. The van der Waals surface area contributed by atoms with Crippen LogP contribution in [-0.4, -0.2) is 61.4 Å². The van der Waals surface area contributed by atoms with Gasteiger partial charge in [0.15, 0.2) is 5.69 Å². The molecule has 0 bridgehead atoms. The lowest BCUT2D eigenvalue weighted by atomic mass is 9.87. The number of pyridine rings is 1. The number of fused-ring (bicyclic) bond motifs is 1. The molecule has 0 radical (unpaired) electrons. The molecule has 0 spiro atoms. The summed E-state index contributed by atoms with van der Waals surface area (Å²) in [7, 11) is 0. The predicted molar refractivity (Wildman–Crippen MR) is 155 cm³/mol. The maximum atomic E-state index is 14.3. The zero-order valence-electron chi connectivity index (χ0n) is 23.7. The number of hydrogen-bond acceptors (Lipinski definition) is 7. The van der Waals surface area contributed by atoms with Gasteiger partial charge in [0.2, 0.25) is 5.88 Å². The van der Waals surface area contributed by atoms with E-state index in [0.29, 0.717) is 43.7 Å². The van der Waals surface area contributed by atoms with Crippen molar-refractivity contribution in [1.82, 2.24) is 19.4 Å². The van der Waals surface area contributed by atoms with Crippen LogP contribution < -0.4 is 4.74 Å². The summed E-state index contributed by atoms with van der Waals surface area (Å²) in [6.45, 7) is 11.5. The molecular weight excluding hydrogens is 553 g/mol. The van der Waals surface area contributed by atoms with Crippen LogP contribution in [0.3, 0.4) is 0 Å². The first-order valence-corrected chi connectivity index (χ1v) is 14.3. The number of likely N-dealkylation sites (tertiary alicyclic amines) is 1. The Labute approximate surface area is 248 Å². The highest BCUT2D eigenvalue weighted by Gasteiger charge is 2.38. The van der Waals surface area contributed by atoms with E-state index in [0.717, 1.165) is 29.9 Å². The number of imidazole rings is 1. The van der Waals surface area contributed by atoms with Crippen molar-refractivity contribution >= 4 is 22.7 Å². The molecule has 11 heteroatoms. The average Bonchev–Trinajstić information content (AvgIpc) is 3.36. The number of benzene rings is 2. The summed E-state index contributed by atoms with van der Waals surface area (Å²) < 4.78 is 27.8. The van der Waals surface area contributed by atoms with E-state index in [1.54, 1.807) is 42.5 Å². The summed E-state index contributed by atoms with van der Waals surface area (Å²) in [4.78, 5) is 26.6. The highest BCUT2D eigenvalue weighted by atomic mass is 19.1. The molecule has 0 unspecified atom stereocenters. The number of ether oxygens (including phenoxy) is 2. The minimum absolute atomic E-state index is 0.0505. The van der Waals surface area contributed by atoms with Gasteiger partial charge in [-0.05, 0) is 56.5 Å². The zero-order valence-corrected chi connectivity index (χ0v) is 23.7. The van der Waals surface area contributed by atoms with Crippen molar-refractivity contribution in [2.45, 2.75) is 57.1 Å². The smallest absolute Gasteiger partial charge is 0.335 e. The highest BCUT2D eigenvalue weighted by Crippen LogP contribution is 2.36. The van der Waals surface area contributed by atoms with Gasteiger partial charge in [0, 0.05) is 31.3 Å². The van der Waals surface area contributed by atoms with Gasteiger partial charge in [-0.2, -0.15) is 0 Å². The maximum Gasteiger partial charge on any atom is 0.335 e. The summed E-state index contributed by atoms with van der Waals surface area (Å²) in [6.07, 6.45) is 1.89. The van der Waals surface area contributed by atoms with Crippen molar-refractivity contribution in [1.29, 1.82) is 0 Å². The minimum Gasteiger partial charge on any atom is -0.478 e. The maximum absolute atomic E-state index is 14.3. The Morgan fingerprint density at radius 1 is 1.21 bits per heavy atom. The second-order valence-electron chi connectivity index (χ2n) is 11.2. The Morgan fingerprint density at radius 2 is 2.00 bits per heavy atom. The molecule has 10 nitrogen and oxygen atoms in total. The van der Waals surface area contributed by atoms with E-state index < -0.39 is 17.4 Å². The van der Waals surface area contributed by atoms with Crippen LogP contribution in [0.5, 0.6) is 5.88 Å². The SMILES string of the molecule is [C-]#[N+]c1ccc(COc2cccc(C3(O)CCN([C@@H](C)c4nc5ccc(C(=O)O)cc5n4C[C@@H]4CCO4)CC3)n2)c(F)c1. The Hall–Kier alpha value is -4.37. The molecule has 2 aliphatic rings. The van der Waals surface area contributed by atoms with Gasteiger partial charge in [0.05, 0.1) is 47.6 Å². The van der Waals surface area contributed by atoms with Crippen LogP contribution in [0.25, 0.3) is 15.9 Å². The van der Waals surface area contributed by atoms with E-state index in [1.807, 2.05) is 0 Å². The molecule has 2 fully saturated rings. The van der Waals surface area contributed by atoms with E-state index in [2.05, 4.69) is 26.2 Å². The topological polar surface area (TPSA) is 114 Å². The molecule has 43 heavy (non-hydrogen) atoms. The molecular formula is C32H32FN5O5. The second-order valence-corrected chi connectivity index (χ2v) is 11.2. The molecule has 0 saturated carbocycles. The largest absolute Gasteiger partial charge is 0.478 e. The quantitative estimate of drug-likeness (QED) is 0.257. The zero-order chi connectivity index (χ0) is 30.1. The fourth-order valence-electron chi connectivity index (χ4n) is 5.75. The van der Waals surface area contributed by atoms with Gasteiger partial charge in [-0.1, -0.05) is 18.2 Å². The lowest BCUT2D eigenvalue weighted by Crippen LogP contribution is -2.44. The Kier molecular flexibility index (Phi) is 7.83. The first-order chi connectivity index (χ1) is 20.7. The average molecular weight is 586 g/mol. The number of carboxylic acids is 1. The Balaban J connectivity index is 1.16. The normalized spacial score (nSPS) is 19.0. The van der Waals surface area contributed by atoms with E-state index in [4.69, 9.17) is 21.0 Å². The molecule has 2 atom stereocenters. The fraction of sp³-hybridized carbons (Fsp3) is 0.375. The van der Waals surface area contributed by atoms with Gasteiger partial charge in [0.25, 0.3) is 0 Å². The summed E-state index contributed by atoms with van der Waals surface area (Å²) in [5, 5.41) is 21.2. The van der Waals surface area contributed by atoms with Crippen LogP contribution in [0, 0.1) is 12.4 Å². The number of aliphatic hydroxyl groups is 1. The number of hydrogen-bond donors (Lipinski definition) is 2. The van der Waals surface area contributed by atoms with E-state index in [9.17, 15) is 19.4 Å². The van der Waals surface area contributed by atoms with Crippen molar-refractivity contribution in [3.8, 4) is 5.88 Å². The van der Waals surface area contributed by atoms with Crippen LogP contribution in [0.2, 0.25) is 0 Å². The van der Waals surface area contributed by atoms with E-state index >= 15 is 0 Å². The third-order valence-corrected chi connectivity index (χ3v) is 8.49. The lowest BCUT2D eigenvalue weighted by Gasteiger charge is -2.40. The summed E-state index contributed by atoms with van der Waals surface area (Å²) in [6, 6.07) is 14.4. The first kappa shape index (κ1) is 28.7. The van der Waals surface area contributed by atoms with Gasteiger partial charge in [-0.25, -0.2) is 24.0 Å². The molecule has 222 valence electrons. The van der Waals surface area contributed by atoms with Gasteiger partial charge in [0.1, 0.15) is 23.8 Å². The molecule has 2 N–H and O–H groups in total. The molecule has 2 aromatic carbocycles. The third-order valence-electron chi connectivity index (χ3n) is 8.49. The molecule has 2 saturated heterocycles. The van der Waals surface area contributed by atoms with Gasteiger partial charge >= 0.3 is 5.97 Å². The monoisotopic (exact) mass is 585 g/mol. The Bertz CT molecular complexity index is 1700. The summed E-state index contributed by atoms with van der Waals surface area (Å²) >= 11 is 0. The van der Waals surface area contributed by atoms with Crippen molar-refractivity contribution in [2.75, 3.05) is 19.7 Å². The van der Waals surface area contributed by atoms with Crippen molar-refractivity contribution in [3.63, 3.8) is 0 Å². The molecule has 0 amide bonds. The first-order valence-electron chi connectivity index (χ1n) is 14.3. The van der Waals surface area contributed by atoms with Crippen molar-refractivity contribution in [3.05, 3.63) is 94.5 Å². The van der Waals surface area contributed by atoms with Crippen LogP contribution in [0.1, 0.15) is 59.7 Å². The number of nitrogens with zero attached hydrogens (tertiary/aromatic N) is 5. The standard InChI is InChI=1S/C32H32FN5O5/c1-20(30-35-26-9-7-21(31(39)40)16-27(26)38(30)18-24-10-15-42-24)37-13-11-32(41,12-14-37)28-4-3-5-29(36-28)43-19-22-6-8-23(34-2)17-25(22)33/h3-9,16-17,20,24,41H,10-15,18-19H2,1H3,(H,39,40)/t20-,24-/m0/s1. The van der Waals surface area contributed by atoms with Gasteiger partial charge in [-0.15, -0.1) is 0 Å². The van der Waals surface area contributed by atoms with E-state index in [-0.39, 0.29) is 35.9 Å². The lowest BCUT2D eigenvalue weighted by molar-refractivity contribution is -0.0602. The molecule has 6 rings (SSSR count). The van der Waals surface area contributed by atoms with Crippen LogP contribution in [-0.2, 0) is 23.5 Å². The number of carbonyl (C=O) groups is 1. The minimum atomic E-state index is -1.16.